The van der Waals surface area contributed by atoms with Gasteiger partial charge in [-0.2, -0.15) is 0 Å². The Hall–Kier alpha value is -1.06. The van der Waals surface area contributed by atoms with Crippen LogP contribution in [-0.2, 0) is 6.42 Å². The SMILES string of the molecule is C[C@H](CO)C(O)c1ccc2c(c1)CCC(C)(C)O2. The van der Waals surface area contributed by atoms with E-state index in [0.717, 1.165) is 29.7 Å². The Morgan fingerprint density at radius 1 is 1.39 bits per heavy atom. The summed E-state index contributed by atoms with van der Waals surface area (Å²) in [5.74, 6) is 0.767. The summed E-state index contributed by atoms with van der Waals surface area (Å²) in [5, 5.41) is 19.2. The second-order valence-electron chi connectivity index (χ2n) is 5.83. The molecular formula is C15H22O3. The van der Waals surface area contributed by atoms with Crippen LogP contribution >= 0.6 is 0 Å². The first-order valence-electron chi connectivity index (χ1n) is 6.54. The summed E-state index contributed by atoms with van der Waals surface area (Å²) in [7, 11) is 0. The largest absolute Gasteiger partial charge is 0.488 e. The van der Waals surface area contributed by atoms with Crippen molar-refractivity contribution in [3.8, 4) is 5.75 Å². The van der Waals surface area contributed by atoms with Crippen molar-refractivity contribution in [1.82, 2.24) is 0 Å². The van der Waals surface area contributed by atoms with E-state index in [1.165, 1.54) is 0 Å². The zero-order valence-electron chi connectivity index (χ0n) is 11.3. The fraction of sp³-hybridized carbons (Fsp3) is 0.600. The molecule has 0 spiro atoms. The smallest absolute Gasteiger partial charge is 0.123 e. The average molecular weight is 250 g/mol. The van der Waals surface area contributed by atoms with Gasteiger partial charge in [0, 0.05) is 12.5 Å². The predicted octanol–water partition coefficient (Wildman–Crippen LogP) is 2.45. The number of aryl methyl sites for hydroxylation is 1. The number of aliphatic hydroxyl groups is 2. The van der Waals surface area contributed by atoms with Crippen LogP contribution in [0, 0.1) is 5.92 Å². The van der Waals surface area contributed by atoms with E-state index in [4.69, 9.17) is 9.84 Å². The molecule has 2 rings (SSSR count). The Morgan fingerprint density at radius 3 is 2.78 bits per heavy atom. The number of aliphatic hydroxyl groups excluding tert-OH is 2. The Morgan fingerprint density at radius 2 is 2.11 bits per heavy atom. The number of hydrogen-bond donors (Lipinski definition) is 2. The first-order valence-corrected chi connectivity index (χ1v) is 6.54. The molecule has 1 aromatic rings. The third kappa shape index (κ3) is 2.68. The standard InChI is InChI=1S/C15H22O3/c1-10(9-16)14(17)12-4-5-13-11(8-12)6-7-15(2,3)18-13/h4-5,8,10,14,16-17H,6-7,9H2,1-3H3/t10-,14?/m1/s1. The summed E-state index contributed by atoms with van der Waals surface area (Å²) < 4.78 is 5.91. The molecule has 2 atom stereocenters. The first-order chi connectivity index (χ1) is 8.43. The normalized spacial score (nSPS) is 20.7. The molecule has 1 unspecified atom stereocenters. The number of fused-ring (bicyclic) bond motifs is 1. The summed E-state index contributed by atoms with van der Waals surface area (Å²) in [6.07, 6.45) is 1.33. The average Bonchev–Trinajstić information content (AvgIpc) is 2.35. The van der Waals surface area contributed by atoms with Gasteiger partial charge >= 0.3 is 0 Å². The zero-order chi connectivity index (χ0) is 13.3. The lowest BCUT2D eigenvalue weighted by molar-refractivity contribution is 0.0748. The molecule has 0 radical (unpaired) electrons. The lowest BCUT2D eigenvalue weighted by Crippen LogP contribution is -2.32. The van der Waals surface area contributed by atoms with Crippen molar-refractivity contribution in [1.29, 1.82) is 0 Å². The predicted molar refractivity (Wildman–Crippen MR) is 70.7 cm³/mol. The van der Waals surface area contributed by atoms with Crippen LogP contribution in [0.25, 0.3) is 0 Å². The van der Waals surface area contributed by atoms with Gasteiger partial charge < -0.3 is 14.9 Å². The molecule has 0 aliphatic carbocycles. The van der Waals surface area contributed by atoms with Crippen molar-refractivity contribution in [3.05, 3.63) is 29.3 Å². The van der Waals surface area contributed by atoms with Crippen molar-refractivity contribution in [2.75, 3.05) is 6.61 Å². The molecule has 18 heavy (non-hydrogen) atoms. The minimum absolute atomic E-state index is 0.0121. The first kappa shape index (κ1) is 13.4. The number of hydrogen-bond acceptors (Lipinski definition) is 3. The number of rotatable bonds is 3. The molecule has 1 aliphatic rings. The fourth-order valence-corrected chi connectivity index (χ4v) is 2.29. The van der Waals surface area contributed by atoms with E-state index in [9.17, 15) is 5.11 Å². The highest BCUT2D eigenvalue weighted by atomic mass is 16.5. The van der Waals surface area contributed by atoms with Crippen molar-refractivity contribution in [2.24, 2.45) is 5.92 Å². The van der Waals surface area contributed by atoms with Gasteiger partial charge in [-0.1, -0.05) is 13.0 Å². The van der Waals surface area contributed by atoms with Crippen LogP contribution < -0.4 is 4.74 Å². The lowest BCUT2D eigenvalue weighted by atomic mass is 9.90. The minimum atomic E-state index is -0.616. The highest BCUT2D eigenvalue weighted by molar-refractivity contribution is 5.40. The van der Waals surface area contributed by atoms with E-state index in [2.05, 4.69) is 13.8 Å². The highest BCUT2D eigenvalue weighted by Gasteiger charge is 2.27. The quantitative estimate of drug-likeness (QED) is 0.866. The van der Waals surface area contributed by atoms with Crippen LogP contribution in [-0.4, -0.2) is 22.4 Å². The molecular weight excluding hydrogens is 228 g/mol. The summed E-state index contributed by atoms with van der Waals surface area (Å²) in [6, 6.07) is 5.82. The lowest BCUT2D eigenvalue weighted by Gasteiger charge is -2.33. The van der Waals surface area contributed by atoms with Gasteiger partial charge in [0.25, 0.3) is 0 Å². The Balaban J connectivity index is 2.24. The molecule has 1 heterocycles. The van der Waals surface area contributed by atoms with Crippen molar-refractivity contribution >= 4 is 0 Å². The third-order valence-electron chi connectivity index (χ3n) is 3.64. The zero-order valence-corrected chi connectivity index (χ0v) is 11.3. The van der Waals surface area contributed by atoms with Crippen LogP contribution in [0.3, 0.4) is 0 Å². The Kier molecular flexibility index (Phi) is 3.64. The molecule has 0 saturated heterocycles. The minimum Gasteiger partial charge on any atom is -0.488 e. The van der Waals surface area contributed by atoms with E-state index in [1.54, 1.807) is 0 Å². The summed E-state index contributed by atoms with van der Waals surface area (Å²) >= 11 is 0. The molecule has 3 heteroatoms. The maximum atomic E-state index is 10.1. The van der Waals surface area contributed by atoms with Crippen LogP contribution in [0.4, 0.5) is 0 Å². The molecule has 0 amide bonds. The Bertz CT molecular complexity index is 426. The number of ether oxygens (including phenoxy) is 1. The van der Waals surface area contributed by atoms with E-state index < -0.39 is 6.10 Å². The molecule has 0 aromatic heterocycles. The molecule has 0 fully saturated rings. The summed E-state index contributed by atoms with van der Waals surface area (Å²) in [5.41, 5.74) is 1.90. The molecule has 0 saturated carbocycles. The van der Waals surface area contributed by atoms with E-state index >= 15 is 0 Å². The van der Waals surface area contributed by atoms with Gasteiger partial charge in [-0.3, -0.25) is 0 Å². The van der Waals surface area contributed by atoms with Crippen LogP contribution in [0.5, 0.6) is 5.75 Å². The maximum Gasteiger partial charge on any atom is 0.123 e. The second-order valence-corrected chi connectivity index (χ2v) is 5.83. The van der Waals surface area contributed by atoms with Crippen molar-refractivity contribution < 1.29 is 14.9 Å². The monoisotopic (exact) mass is 250 g/mol. The van der Waals surface area contributed by atoms with Gasteiger partial charge in [0.1, 0.15) is 11.4 Å². The third-order valence-corrected chi connectivity index (χ3v) is 3.64. The van der Waals surface area contributed by atoms with Gasteiger partial charge in [-0.15, -0.1) is 0 Å². The van der Waals surface area contributed by atoms with E-state index in [-0.39, 0.29) is 18.1 Å². The van der Waals surface area contributed by atoms with Crippen molar-refractivity contribution in [2.45, 2.75) is 45.3 Å². The second kappa shape index (κ2) is 4.90. The van der Waals surface area contributed by atoms with Crippen LogP contribution in [0.15, 0.2) is 18.2 Å². The molecule has 0 bridgehead atoms. The number of benzene rings is 1. The topological polar surface area (TPSA) is 49.7 Å². The van der Waals surface area contributed by atoms with Gasteiger partial charge in [0.15, 0.2) is 0 Å². The maximum absolute atomic E-state index is 10.1. The van der Waals surface area contributed by atoms with Crippen LogP contribution in [0.1, 0.15) is 44.4 Å². The summed E-state index contributed by atoms with van der Waals surface area (Å²) in [6.45, 7) is 6.00. The molecule has 100 valence electrons. The molecule has 2 N–H and O–H groups in total. The van der Waals surface area contributed by atoms with E-state index in [0.29, 0.717) is 0 Å². The van der Waals surface area contributed by atoms with Gasteiger partial charge in [0.2, 0.25) is 0 Å². The van der Waals surface area contributed by atoms with Gasteiger partial charge in [0.05, 0.1) is 6.10 Å². The van der Waals surface area contributed by atoms with Crippen molar-refractivity contribution in [3.63, 3.8) is 0 Å². The molecule has 1 aliphatic heterocycles. The van der Waals surface area contributed by atoms with Gasteiger partial charge in [-0.25, -0.2) is 0 Å². The Labute approximate surface area is 108 Å². The fourth-order valence-electron chi connectivity index (χ4n) is 2.29. The van der Waals surface area contributed by atoms with E-state index in [1.807, 2.05) is 25.1 Å². The summed E-state index contributed by atoms with van der Waals surface area (Å²) in [4.78, 5) is 0. The molecule has 1 aromatic carbocycles. The van der Waals surface area contributed by atoms with Crippen LogP contribution in [0.2, 0.25) is 0 Å². The molecule has 3 nitrogen and oxygen atoms in total. The van der Waals surface area contributed by atoms with Gasteiger partial charge in [-0.05, 0) is 49.9 Å². The highest BCUT2D eigenvalue weighted by Crippen LogP contribution is 2.35.